The zero-order valence-corrected chi connectivity index (χ0v) is 14.9. The van der Waals surface area contributed by atoms with Crippen LogP contribution < -0.4 is 4.74 Å². The quantitative estimate of drug-likeness (QED) is 0.517. The maximum absolute atomic E-state index is 9.88. The predicted molar refractivity (Wildman–Crippen MR) is 100 cm³/mol. The molecule has 2 aromatic carbocycles. The summed E-state index contributed by atoms with van der Waals surface area (Å²) in [4.78, 5) is 0. The van der Waals surface area contributed by atoms with Crippen molar-refractivity contribution in [1.29, 1.82) is 0 Å². The number of aromatic nitrogens is 3. The first kappa shape index (κ1) is 17.2. The van der Waals surface area contributed by atoms with Crippen LogP contribution in [0.3, 0.4) is 0 Å². The Bertz CT molecular complexity index is 964. The maximum Gasteiger partial charge on any atom is 0.216 e. The van der Waals surface area contributed by atoms with E-state index in [0.29, 0.717) is 27.8 Å². The smallest absolute Gasteiger partial charge is 0.216 e. The third-order valence-corrected chi connectivity index (χ3v) is 3.88. The summed E-state index contributed by atoms with van der Waals surface area (Å²) in [6.07, 6.45) is 1.48. The van der Waals surface area contributed by atoms with Gasteiger partial charge in [-0.1, -0.05) is 11.6 Å². The Morgan fingerprint density at radius 3 is 2.80 bits per heavy atom. The van der Waals surface area contributed by atoms with E-state index in [2.05, 4.69) is 15.3 Å². The number of nitrogens with zero attached hydrogens (tertiary/aromatic N) is 3. The molecule has 25 heavy (non-hydrogen) atoms. The monoisotopic (exact) mass is 374 g/mol. The minimum absolute atomic E-state index is 0.0748. The van der Waals surface area contributed by atoms with Crippen molar-refractivity contribution in [3.8, 4) is 22.9 Å². The number of aromatic amines is 1. The molecular formula is C17H15ClN4O2S. The number of phenolic OH excluding ortho intramolecular Hbond substituents is 1. The molecule has 0 bridgehead atoms. The van der Waals surface area contributed by atoms with E-state index in [1.807, 2.05) is 31.2 Å². The molecule has 0 radical (unpaired) electrons. The van der Waals surface area contributed by atoms with Gasteiger partial charge in [0.25, 0.3) is 0 Å². The molecule has 128 valence electrons. The van der Waals surface area contributed by atoms with Crippen molar-refractivity contribution in [2.24, 2.45) is 5.10 Å². The molecule has 0 aliphatic rings. The molecule has 0 amide bonds. The maximum atomic E-state index is 9.88. The molecule has 3 aromatic rings. The highest BCUT2D eigenvalue weighted by atomic mass is 35.5. The molecule has 0 atom stereocenters. The fourth-order valence-corrected chi connectivity index (χ4v) is 2.56. The lowest BCUT2D eigenvalue weighted by molar-refractivity contribution is 0.340. The van der Waals surface area contributed by atoms with Crippen LogP contribution in [-0.2, 0) is 0 Å². The Labute approximate surface area is 154 Å². The number of ether oxygens (including phenoxy) is 1. The first-order chi connectivity index (χ1) is 12.1. The summed E-state index contributed by atoms with van der Waals surface area (Å²) in [5, 5.41) is 21.6. The second-order valence-electron chi connectivity index (χ2n) is 5.07. The van der Waals surface area contributed by atoms with Gasteiger partial charge in [-0.05, 0) is 61.6 Å². The van der Waals surface area contributed by atoms with Crippen LogP contribution in [0.15, 0.2) is 47.6 Å². The summed E-state index contributed by atoms with van der Waals surface area (Å²) in [5.41, 5.74) is 1.30. The van der Waals surface area contributed by atoms with Crippen molar-refractivity contribution in [3.05, 3.63) is 57.8 Å². The Hall–Kier alpha value is -2.64. The number of halogens is 1. The van der Waals surface area contributed by atoms with Crippen LogP contribution in [-0.4, -0.2) is 32.8 Å². The van der Waals surface area contributed by atoms with E-state index < -0.39 is 0 Å². The number of hydrogen-bond donors (Lipinski definition) is 2. The number of nitrogens with one attached hydrogen (secondary N) is 1. The summed E-state index contributed by atoms with van der Waals surface area (Å²) < 4.78 is 7.25. The van der Waals surface area contributed by atoms with Crippen molar-refractivity contribution in [2.75, 3.05) is 6.61 Å². The Kier molecular flexibility index (Phi) is 5.16. The summed E-state index contributed by atoms with van der Waals surface area (Å²) in [5.74, 6) is 1.40. The minimum Gasteiger partial charge on any atom is -0.507 e. The number of hydrogen-bond acceptors (Lipinski definition) is 5. The zero-order chi connectivity index (χ0) is 17.8. The highest BCUT2D eigenvalue weighted by molar-refractivity contribution is 7.71. The van der Waals surface area contributed by atoms with Crippen LogP contribution in [0.2, 0.25) is 5.02 Å². The third kappa shape index (κ3) is 3.89. The molecule has 3 rings (SSSR count). The van der Waals surface area contributed by atoms with E-state index in [0.717, 1.165) is 11.3 Å². The van der Waals surface area contributed by atoms with E-state index in [-0.39, 0.29) is 5.75 Å². The first-order valence-electron chi connectivity index (χ1n) is 7.52. The zero-order valence-electron chi connectivity index (χ0n) is 13.3. The van der Waals surface area contributed by atoms with Gasteiger partial charge < -0.3 is 9.84 Å². The van der Waals surface area contributed by atoms with Gasteiger partial charge in [0, 0.05) is 16.1 Å². The molecule has 0 saturated carbocycles. The SMILES string of the molecule is CCOc1ccc(-c2n[nH]c(=S)n2/N=C/c2cc(Cl)ccc2O)cc1. The number of phenols is 1. The molecule has 1 aromatic heterocycles. The van der Waals surface area contributed by atoms with Crippen molar-refractivity contribution >= 4 is 30.0 Å². The summed E-state index contributed by atoms with van der Waals surface area (Å²) in [7, 11) is 0. The van der Waals surface area contributed by atoms with Gasteiger partial charge in [-0.2, -0.15) is 14.9 Å². The van der Waals surface area contributed by atoms with E-state index in [1.54, 1.807) is 12.1 Å². The minimum atomic E-state index is 0.0748. The number of benzene rings is 2. The molecule has 0 unspecified atom stereocenters. The first-order valence-corrected chi connectivity index (χ1v) is 8.30. The molecular weight excluding hydrogens is 360 g/mol. The second-order valence-corrected chi connectivity index (χ2v) is 5.89. The fraction of sp³-hybridized carbons (Fsp3) is 0.118. The van der Waals surface area contributed by atoms with Gasteiger partial charge >= 0.3 is 0 Å². The van der Waals surface area contributed by atoms with Gasteiger partial charge in [-0.3, -0.25) is 0 Å². The van der Waals surface area contributed by atoms with Crippen molar-refractivity contribution in [1.82, 2.24) is 14.9 Å². The van der Waals surface area contributed by atoms with Crippen LogP contribution >= 0.6 is 23.8 Å². The second kappa shape index (κ2) is 7.50. The topological polar surface area (TPSA) is 75.4 Å². The molecule has 0 fully saturated rings. The van der Waals surface area contributed by atoms with E-state index in [4.69, 9.17) is 28.6 Å². The van der Waals surface area contributed by atoms with Gasteiger partial charge in [0.2, 0.25) is 4.77 Å². The lowest BCUT2D eigenvalue weighted by atomic mass is 10.2. The van der Waals surface area contributed by atoms with Crippen molar-refractivity contribution in [3.63, 3.8) is 0 Å². The molecule has 1 heterocycles. The van der Waals surface area contributed by atoms with E-state index >= 15 is 0 Å². The van der Waals surface area contributed by atoms with E-state index in [1.165, 1.54) is 17.0 Å². The summed E-state index contributed by atoms with van der Waals surface area (Å²) in [6, 6.07) is 12.2. The summed E-state index contributed by atoms with van der Waals surface area (Å²) >= 11 is 11.2. The molecule has 0 aliphatic heterocycles. The lowest BCUT2D eigenvalue weighted by Crippen LogP contribution is -1.96. The molecule has 0 saturated heterocycles. The highest BCUT2D eigenvalue weighted by Gasteiger charge is 2.09. The molecule has 0 aliphatic carbocycles. The van der Waals surface area contributed by atoms with Crippen LogP contribution in [0.25, 0.3) is 11.4 Å². The highest BCUT2D eigenvalue weighted by Crippen LogP contribution is 2.22. The standard InChI is InChI=1S/C17H15ClN4O2S/c1-2-24-14-6-3-11(4-7-14)16-20-21-17(25)22(16)19-10-12-9-13(18)5-8-15(12)23/h3-10,23H,2H2,1H3,(H,21,25)/b19-10+. The Morgan fingerprint density at radius 2 is 2.08 bits per heavy atom. The van der Waals surface area contributed by atoms with Crippen molar-refractivity contribution < 1.29 is 9.84 Å². The van der Waals surface area contributed by atoms with Gasteiger partial charge in [0.15, 0.2) is 5.82 Å². The molecule has 0 spiro atoms. The molecule has 6 nitrogen and oxygen atoms in total. The van der Waals surface area contributed by atoms with E-state index in [9.17, 15) is 5.11 Å². The number of H-pyrrole nitrogens is 1. The van der Waals surface area contributed by atoms with Gasteiger partial charge in [0.05, 0.1) is 12.8 Å². The normalized spacial score (nSPS) is 11.1. The molecule has 8 heteroatoms. The molecule has 2 N–H and O–H groups in total. The van der Waals surface area contributed by atoms with Crippen LogP contribution in [0, 0.1) is 4.77 Å². The van der Waals surface area contributed by atoms with Gasteiger partial charge in [-0.25, -0.2) is 5.10 Å². The van der Waals surface area contributed by atoms with Crippen molar-refractivity contribution in [2.45, 2.75) is 6.92 Å². The lowest BCUT2D eigenvalue weighted by Gasteiger charge is -2.05. The van der Waals surface area contributed by atoms with Crippen LogP contribution in [0.5, 0.6) is 11.5 Å². The Morgan fingerprint density at radius 1 is 1.32 bits per heavy atom. The number of rotatable bonds is 5. The fourth-order valence-electron chi connectivity index (χ4n) is 2.20. The Balaban J connectivity index is 1.95. The number of aromatic hydroxyl groups is 1. The summed E-state index contributed by atoms with van der Waals surface area (Å²) in [6.45, 7) is 2.53. The van der Waals surface area contributed by atoms with Gasteiger partial charge in [-0.15, -0.1) is 0 Å². The average Bonchev–Trinajstić information content (AvgIpc) is 2.97. The van der Waals surface area contributed by atoms with Gasteiger partial charge in [0.1, 0.15) is 11.5 Å². The van der Waals surface area contributed by atoms with Crippen LogP contribution in [0.1, 0.15) is 12.5 Å². The third-order valence-electron chi connectivity index (χ3n) is 3.38. The average molecular weight is 375 g/mol. The largest absolute Gasteiger partial charge is 0.507 e. The van der Waals surface area contributed by atoms with Crippen LogP contribution in [0.4, 0.5) is 0 Å². The predicted octanol–water partition coefficient (Wildman–Crippen LogP) is 4.25.